The van der Waals surface area contributed by atoms with E-state index in [2.05, 4.69) is 10.6 Å². The van der Waals surface area contributed by atoms with Crippen LogP contribution in [0.15, 0.2) is 66.1 Å². The van der Waals surface area contributed by atoms with E-state index in [-0.39, 0.29) is 11.8 Å². The van der Waals surface area contributed by atoms with Gasteiger partial charge in [-0.1, -0.05) is 18.2 Å². The molecular weight excluding hydrogens is 388 g/mol. The summed E-state index contributed by atoms with van der Waals surface area (Å²) in [5, 5.41) is 7.44. The highest BCUT2D eigenvalue weighted by molar-refractivity contribution is 7.12. The Morgan fingerprint density at radius 1 is 0.897 bits per heavy atom. The Labute approximate surface area is 172 Å². The number of thiophene rings is 1. The predicted octanol–water partition coefficient (Wildman–Crippen LogP) is 4.67. The molecule has 0 aliphatic rings. The third-order valence-corrected chi connectivity index (χ3v) is 4.84. The number of benzene rings is 2. The number of hydrogen-bond acceptors (Lipinski definition) is 5. The molecule has 1 heterocycles. The summed E-state index contributed by atoms with van der Waals surface area (Å²) in [7, 11) is 3.13. The van der Waals surface area contributed by atoms with E-state index in [1.807, 2.05) is 17.5 Å². The normalized spacial score (nSPS) is 10.6. The van der Waals surface area contributed by atoms with Crippen molar-refractivity contribution in [2.75, 3.05) is 24.9 Å². The molecule has 148 valence electrons. The molecule has 0 bridgehead atoms. The van der Waals surface area contributed by atoms with Gasteiger partial charge in [-0.3, -0.25) is 9.59 Å². The number of methoxy groups -OCH3 is 2. The second-order valence-electron chi connectivity index (χ2n) is 5.95. The lowest BCUT2D eigenvalue weighted by Crippen LogP contribution is -2.11. The number of rotatable bonds is 7. The van der Waals surface area contributed by atoms with E-state index in [4.69, 9.17) is 9.47 Å². The van der Waals surface area contributed by atoms with Crippen molar-refractivity contribution in [2.24, 2.45) is 0 Å². The summed E-state index contributed by atoms with van der Waals surface area (Å²) in [5.41, 5.74) is 1.98. The molecule has 0 fully saturated rings. The largest absolute Gasteiger partial charge is 0.493 e. The van der Waals surface area contributed by atoms with Gasteiger partial charge < -0.3 is 20.1 Å². The quantitative estimate of drug-likeness (QED) is 0.557. The lowest BCUT2D eigenvalue weighted by molar-refractivity contribution is -0.111. The van der Waals surface area contributed by atoms with Crippen LogP contribution >= 0.6 is 11.3 Å². The summed E-state index contributed by atoms with van der Waals surface area (Å²) >= 11 is 1.37. The van der Waals surface area contributed by atoms with Crippen LogP contribution in [0.2, 0.25) is 0 Å². The average Bonchev–Trinajstić information content (AvgIpc) is 3.27. The second kappa shape index (κ2) is 9.57. The smallest absolute Gasteiger partial charge is 0.265 e. The number of amides is 2. The summed E-state index contributed by atoms with van der Waals surface area (Å²) in [5.74, 6) is 0.734. The van der Waals surface area contributed by atoms with Crippen molar-refractivity contribution >= 4 is 40.6 Å². The molecule has 0 atom stereocenters. The highest BCUT2D eigenvalue weighted by Crippen LogP contribution is 2.28. The first kappa shape index (κ1) is 20.2. The van der Waals surface area contributed by atoms with Crippen molar-refractivity contribution in [1.82, 2.24) is 0 Å². The highest BCUT2D eigenvalue weighted by Gasteiger charge is 2.08. The van der Waals surface area contributed by atoms with Crippen LogP contribution in [-0.4, -0.2) is 26.0 Å². The van der Waals surface area contributed by atoms with Crippen LogP contribution < -0.4 is 20.1 Å². The molecular formula is C22H20N2O4S. The standard InChI is InChI=1S/C22H20N2O4S/c1-27-18-10-8-15(13-19(18)28-2)9-11-21(25)23-16-5-3-6-17(14-16)24-22(26)20-7-4-12-29-20/h3-14H,1-2H3,(H,23,25)(H,24,26)/b11-9+. The van der Waals surface area contributed by atoms with Gasteiger partial charge in [0.25, 0.3) is 5.91 Å². The molecule has 0 saturated carbocycles. The zero-order valence-corrected chi connectivity index (χ0v) is 16.8. The van der Waals surface area contributed by atoms with Crippen LogP contribution in [0.4, 0.5) is 11.4 Å². The van der Waals surface area contributed by atoms with Gasteiger partial charge in [0.15, 0.2) is 11.5 Å². The topological polar surface area (TPSA) is 76.7 Å². The fourth-order valence-corrected chi connectivity index (χ4v) is 3.21. The zero-order chi connectivity index (χ0) is 20.6. The van der Waals surface area contributed by atoms with Crippen molar-refractivity contribution in [3.05, 3.63) is 76.5 Å². The molecule has 0 saturated heterocycles. The maximum Gasteiger partial charge on any atom is 0.265 e. The lowest BCUT2D eigenvalue weighted by Gasteiger charge is -2.08. The van der Waals surface area contributed by atoms with Gasteiger partial charge in [-0.15, -0.1) is 11.3 Å². The SMILES string of the molecule is COc1ccc(/C=C/C(=O)Nc2cccc(NC(=O)c3cccs3)c2)cc1OC. The van der Waals surface area contributed by atoms with Crippen molar-refractivity contribution in [1.29, 1.82) is 0 Å². The number of carbonyl (C=O) groups excluding carboxylic acids is 2. The van der Waals surface area contributed by atoms with Crippen LogP contribution in [0.5, 0.6) is 11.5 Å². The Balaban J connectivity index is 1.63. The molecule has 7 heteroatoms. The van der Waals surface area contributed by atoms with Gasteiger partial charge in [-0.05, 0) is 53.4 Å². The van der Waals surface area contributed by atoms with E-state index in [9.17, 15) is 9.59 Å². The van der Waals surface area contributed by atoms with E-state index in [1.54, 1.807) is 62.8 Å². The number of carbonyl (C=O) groups is 2. The van der Waals surface area contributed by atoms with Crippen molar-refractivity contribution in [3.8, 4) is 11.5 Å². The molecule has 3 aromatic rings. The molecule has 0 spiro atoms. The van der Waals surface area contributed by atoms with Crippen molar-refractivity contribution in [2.45, 2.75) is 0 Å². The molecule has 1 aromatic heterocycles. The molecule has 3 rings (SSSR count). The van der Waals surface area contributed by atoms with Gasteiger partial charge in [0.1, 0.15) is 0 Å². The molecule has 0 aliphatic heterocycles. The fourth-order valence-electron chi connectivity index (χ4n) is 2.59. The maximum absolute atomic E-state index is 12.2. The number of hydrogen-bond donors (Lipinski definition) is 2. The average molecular weight is 408 g/mol. The highest BCUT2D eigenvalue weighted by atomic mass is 32.1. The van der Waals surface area contributed by atoms with Crippen LogP contribution in [0.3, 0.4) is 0 Å². The van der Waals surface area contributed by atoms with E-state index < -0.39 is 0 Å². The molecule has 6 nitrogen and oxygen atoms in total. The molecule has 2 aromatic carbocycles. The molecule has 0 unspecified atom stereocenters. The fraction of sp³-hybridized carbons (Fsp3) is 0.0909. The Morgan fingerprint density at radius 3 is 2.34 bits per heavy atom. The van der Waals surface area contributed by atoms with Crippen LogP contribution in [0.1, 0.15) is 15.2 Å². The molecule has 0 radical (unpaired) electrons. The molecule has 0 aliphatic carbocycles. The van der Waals surface area contributed by atoms with Crippen molar-refractivity contribution < 1.29 is 19.1 Å². The Morgan fingerprint density at radius 2 is 1.66 bits per heavy atom. The van der Waals surface area contributed by atoms with Crippen LogP contribution in [0.25, 0.3) is 6.08 Å². The molecule has 2 N–H and O–H groups in total. The number of anilines is 2. The van der Waals surface area contributed by atoms with Crippen LogP contribution in [-0.2, 0) is 4.79 Å². The van der Waals surface area contributed by atoms with Gasteiger partial charge in [0.2, 0.25) is 5.91 Å². The van der Waals surface area contributed by atoms with E-state index in [1.165, 1.54) is 17.4 Å². The Kier molecular flexibility index (Phi) is 6.65. The van der Waals surface area contributed by atoms with Crippen molar-refractivity contribution in [3.63, 3.8) is 0 Å². The molecule has 29 heavy (non-hydrogen) atoms. The zero-order valence-electron chi connectivity index (χ0n) is 16.0. The van der Waals surface area contributed by atoms with E-state index >= 15 is 0 Å². The van der Waals surface area contributed by atoms with E-state index in [0.717, 1.165) is 5.56 Å². The Bertz CT molecular complexity index is 1030. The van der Waals surface area contributed by atoms with E-state index in [0.29, 0.717) is 27.8 Å². The van der Waals surface area contributed by atoms with Gasteiger partial charge >= 0.3 is 0 Å². The van der Waals surface area contributed by atoms with Crippen LogP contribution in [0, 0.1) is 0 Å². The Hall–Kier alpha value is -3.58. The maximum atomic E-state index is 12.2. The summed E-state index contributed by atoms with van der Waals surface area (Å²) in [4.78, 5) is 25.0. The minimum absolute atomic E-state index is 0.183. The van der Waals surface area contributed by atoms with Gasteiger partial charge in [0, 0.05) is 17.5 Å². The third kappa shape index (κ3) is 5.46. The van der Waals surface area contributed by atoms with Gasteiger partial charge in [0.05, 0.1) is 19.1 Å². The first-order valence-electron chi connectivity index (χ1n) is 8.75. The first-order chi connectivity index (χ1) is 14.1. The number of ether oxygens (including phenoxy) is 2. The summed E-state index contributed by atoms with van der Waals surface area (Å²) < 4.78 is 10.5. The summed E-state index contributed by atoms with van der Waals surface area (Å²) in [6.07, 6.45) is 3.11. The monoisotopic (exact) mass is 408 g/mol. The lowest BCUT2D eigenvalue weighted by atomic mass is 10.2. The van der Waals surface area contributed by atoms with Gasteiger partial charge in [-0.2, -0.15) is 0 Å². The minimum Gasteiger partial charge on any atom is -0.493 e. The van der Waals surface area contributed by atoms with Gasteiger partial charge in [-0.25, -0.2) is 0 Å². The number of nitrogens with one attached hydrogen (secondary N) is 2. The first-order valence-corrected chi connectivity index (χ1v) is 9.63. The third-order valence-electron chi connectivity index (χ3n) is 3.97. The summed E-state index contributed by atoms with van der Waals surface area (Å²) in [6, 6.07) is 15.9. The summed E-state index contributed by atoms with van der Waals surface area (Å²) in [6.45, 7) is 0. The molecule has 2 amide bonds. The second-order valence-corrected chi connectivity index (χ2v) is 6.90. The predicted molar refractivity (Wildman–Crippen MR) is 116 cm³/mol. The minimum atomic E-state index is -0.290.